The Hall–Kier alpha value is -2.14. The van der Waals surface area contributed by atoms with Crippen LogP contribution in [0.2, 0.25) is 0 Å². The molecular formula is C16H19N3OS. The lowest BCUT2D eigenvalue weighted by molar-refractivity contribution is 0.0786. The number of nitrogens with one attached hydrogen (secondary N) is 1. The van der Waals surface area contributed by atoms with Gasteiger partial charge in [-0.3, -0.25) is 4.79 Å². The van der Waals surface area contributed by atoms with E-state index < -0.39 is 0 Å². The van der Waals surface area contributed by atoms with Gasteiger partial charge in [0.2, 0.25) is 0 Å². The second-order valence-corrected chi connectivity index (χ2v) is 5.70. The molecule has 2 rings (SSSR count). The molecule has 0 radical (unpaired) electrons. The van der Waals surface area contributed by atoms with Crippen LogP contribution in [0.1, 0.15) is 21.1 Å². The van der Waals surface area contributed by atoms with Crippen LogP contribution in [-0.2, 0) is 6.54 Å². The maximum Gasteiger partial charge on any atom is 0.256 e. The molecule has 0 spiro atoms. The van der Waals surface area contributed by atoms with E-state index in [1.807, 2.05) is 36.6 Å². The van der Waals surface area contributed by atoms with Gasteiger partial charge in [0.25, 0.3) is 5.91 Å². The Morgan fingerprint density at radius 3 is 2.90 bits per heavy atom. The molecule has 1 aromatic heterocycles. The highest BCUT2D eigenvalue weighted by Gasteiger charge is 2.16. The molecule has 0 aliphatic heterocycles. The molecule has 1 amide bonds. The lowest BCUT2D eigenvalue weighted by Crippen LogP contribution is -2.27. The normalized spacial score (nSPS) is 10.2. The van der Waals surface area contributed by atoms with Gasteiger partial charge in [0.1, 0.15) is 5.01 Å². The van der Waals surface area contributed by atoms with Crippen molar-refractivity contribution in [3.63, 3.8) is 0 Å². The third-order valence-electron chi connectivity index (χ3n) is 2.98. The summed E-state index contributed by atoms with van der Waals surface area (Å²) in [4.78, 5) is 18.7. The lowest BCUT2D eigenvalue weighted by Gasteiger charge is -2.18. The Morgan fingerprint density at radius 2 is 2.24 bits per heavy atom. The van der Waals surface area contributed by atoms with Crippen molar-refractivity contribution in [2.45, 2.75) is 13.5 Å². The summed E-state index contributed by atoms with van der Waals surface area (Å²) >= 11 is 1.57. The highest BCUT2D eigenvalue weighted by atomic mass is 32.1. The van der Waals surface area contributed by atoms with Gasteiger partial charge in [-0.05, 0) is 19.1 Å². The van der Waals surface area contributed by atoms with E-state index in [0.717, 1.165) is 16.4 Å². The van der Waals surface area contributed by atoms with Gasteiger partial charge in [-0.25, -0.2) is 4.98 Å². The number of benzene rings is 1. The van der Waals surface area contributed by atoms with Gasteiger partial charge >= 0.3 is 0 Å². The average Bonchev–Trinajstić information content (AvgIpc) is 2.89. The Morgan fingerprint density at radius 1 is 1.48 bits per heavy atom. The minimum atomic E-state index is -0.0185. The summed E-state index contributed by atoms with van der Waals surface area (Å²) in [5.74, 6) is -0.0185. The van der Waals surface area contributed by atoms with E-state index in [-0.39, 0.29) is 5.91 Å². The van der Waals surface area contributed by atoms with Crippen LogP contribution in [-0.4, -0.2) is 29.4 Å². The minimum Gasteiger partial charge on any atom is -0.381 e. The van der Waals surface area contributed by atoms with Crippen LogP contribution in [0.25, 0.3) is 0 Å². The zero-order valence-electron chi connectivity index (χ0n) is 12.3. The Bertz CT molecular complexity index is 636. The van der Waals surface area contributed by atoms with Gasteiger partial charge in [0, 0.05) is 30.4 Å². The number of para-hydroxylation sites is 1. The Balaban J connectivity index is 2.13. The quantitative estimate of drug-likeness (QED) is 0.833. The molecule has 1 N–H and O–H groups in total. The number of nitrogens with zero attached hydrogens (tertiary/aromatic N) is 2. The van der Waals surface area contributed by atoms with Crippen LogP contribution in [0.4, 0.5) is 5.69 Å². The van der Waals surface area contributed by atoms with E-state index in [0.29, 0.717) is 18.7 Å². The molecular weight excluding hydrogens is 282 g/mol. The molecule has 0 atom stereocenters. The summed E-state index contributed by atoms with van der Waals surface area (Å²) in [5, 5.41) is 6.13. The molecule has 21 heavy (non-hydrogen) atoms. The summed E-state index contributed by atoms with van der Waals surface area (Å²) in [7, 11) is 1.79. The van der Waals surface area contributed by atoms with E-state index in [1.54, 1.807) is 29.4 Å². The van der Waals surface area contributed by atoms with Crippen molar-refractivity contribution in [1.82, 2.24) is 9.88 Å². The number of thiazole rings is 1. The monoisotopic (exact) mass is 301 g/mol. The smallest absolute Gasteiger partial charge is 0.256 e. The van der Waals surface area contributed by atoms with Crippen molar-refractivity contribution in [3.05, 3.63) is 58.6 Å². The highest BCUT2D eigenvalue weighted by Crippen LogP contribution is 2.18. The van der Waals surface area contributed by atoms with Crippen molar-refractivity contribution in [3.8, 4) is 0 Å². The number of rotatable bonds is 6. The maximum atomic E-state index is 12.6. The van der Waals surface area contributed by atoms with Gasteiger partial charge in [-0.15, -0.1) is 17.9 Å². The van der Waals surface area contributed by atoms with Crippen LogP contribution in [0.5, 0.6) is 0 Å². The first-order valence-electron chi connectivity index (χ1n) is 6.72. The third kappa shape index (κ3) is 3.92. The fourth-order valence-electron chi connectivity index (χ4n) is 1.96. The number of aryl methyl sites for hydroxylation is 1. The number of aromatic nitrogens is 1. The number of hydrogen-bond donors (Lipinski definition) is 1. The molecule has 2 aromatic rings. The molecule has 0 saturated carbocycles. The van der Waals surface area contributed by atoms with E-state index in [1.165, 1.54) is 0 Å². The first-order chi connectivity index (χ1) is 10.1. The molecule has 110 valence electrons. The molecule has 0 unspecified atom stereocenters. The lowest BCUT2D eigenvalue weighted by atomic mass is 10.1. The van der Waals surface area contributed by atoms with Gasteiger partial charge in [-0.1, -0.05) is 18.2 Å². The first-order valence-corrected chi connectivity index (χ1v) is 7.60. The van der Waals surface area contributed by atoms with Gasteiger partial charge in [0.05, 0.1) is 12.1 Å². The number of hydrogen-bond acceptors (Lipinski definition) is 4. The molecule has 0 aliphatic carbocycles. The summed E-state index contributed by atoms with van der Waals surface area (Å²) in [6.45, 7) is 6.78. The number of anilines is 1. The van der Waals surface area contributed by atoms with Gasteiger partial charge < -0.3 is 10.2 Å². The largest absolute Gasteiger partial charge is 0.381 e. The van der Waals surface area contributed by atoms with Crippen LogP contribution >= 0.6 is 11.3 Å². The number of carbonyl (C=O) groups excluding carboxylic acids is 1. The van der Waals surface area contributed by atoms with Crippen molar-refractivity contribution in [2.75, 3.05) is 18.9 Å². The predicted octanol–water partition coefficient (Wildman–Crippen LogP) is 3.32. The Labute approximate surface area is 129 Å². The third-order valence-corrected chi connectivity index (χ3v) is 3.93. The van der Waals surface area contributed by atoms with E-state index in [2.05, 4.69) is 16.9 Å². The number of amides is 1. The fraction of sp³-hybridized carbons (Fsp3) is 0.250. The zero-order valence-corrected chi connectivity index (χ0v) is 13.1. The average molecular weight is 301 g/mol. The molecule has 0 bridgehead atoms. The molecule has 4 nitrogen and oxygen atoms in total. The van der Waals surface area contributed by atoms with Crippen molar-refractivity contribution in [2.24, 2.45) is 0 Å². The predicted molar refractivity (Wildman–Crippen MR) is 87.8 cm³/mol. The van der Waals surface area contributed by atoms with Crippen LogP contribution in [0.3, 0.4) is 0 Å². The number of carbonyl (C=O) groups is 1. The molecule has 0 saturated heterocycles. The second-order valence-electron chi connectivity index (χ2n) is 4.76. The fourth-order valence-corrected chi connectivity index (χ4v) is 2.79. The standard InChI is InChI=1S/C16H19N3OS/c1-4-9-17-14-8-6-5-7-13(14)16(20)19(3)10-15-18-12(2)11-21-15/h4-8,11,17H,1,9-10H2,2-3H3. The van der Waals surface area contributed by atoms with Crippen LogP contribution in [0.15, 0.2) is 42.3 Å². The van der Waals surface area contributed by atoms with Gasteiger partial charge in [0.15, 0.2) is 0 Å². The van der Waals surface area contributed by atoms with E-state index in [9.17, 15) is 4.79 Å². The van der Waals surface area contributed by atoms with E-state index in [4.69, 9.17) is 0 Å². The molecule has 0 fully saturated rings. The van der Waals surface area contributed by atoms with Crippen LogP contribution in [0, 0.1) is 6.92 Å². The summed E-state index contributed by atoms with van der Waals surface area (Å²) in [5.41, 5.74) is 2.48. The minimum absolute atomic E-state index is 0.0185. The molecule has 1 aromatic carbocycles. The molecule has 1 heterocycles. The van der Waals surface area contributed by atoms with E-state index >= 15 is 0 Å². The van der Waals surface area contributed by atoms with Crippen LogP contribution < -0.4 is 5.32 Å². The molecule has 0 aliphatic rings. The van der Waals surface area contributed by atoms with Crippen molar-refractivity contribution >= 4 is 22.9 Å². The second kappa shape index (κ2) is 7.04. The van der Waals surface area contributed by atoms with Gasteiger partial charge in [-0.2, -0.15) is 0 Å². The topological polar surface area (TPSA) is 45.2 Å². The zero-order chi connectivity index (χ0) is 15.2. The summed E-state index contributed by atoms with van der Waals surface area (Å²) in [6, 6.07) is 7.51. The van der Waals surface area contributed by atoms with Crippen molar-refractivity contribution in [1.29, 1.82) is 0 Å². The van der Waals surface area contributed by atoms with Crippen molar-refractivity contribution < 1.29 is 4.79 Å². The summed E-state index contributed by atoms with van der Waals surface area (Å²) < 4.78 is 0. The maximum absolute atomic E-state index is 12.6. The summed E-state index contributed by atoms with van der Waals surface area (Å²) in [6.07, 6.45) is 1.77. The Kier molecular flexibility index (Phi) is 5.11. The highest BCUT2D eigenvalue weighted by molar-refractivity contribution is 7.09. The first kappa shape index (κ1) is 15.3. The SMILES string of the molecule is C=CCNc1ccccc1C(=O)N(C)Cc1nc(C)cs1. The molecule has 5 heteroatoms.